The lowest BCUT2D eigenvalue weighted by Crippen LogP contribution is -2.26. The maximum Gasteiger partial charge on any atom is 0.529 e. The van der Waals surface area contributed by atoms with Gasteiger partial charge in [-0.25, -0.2) is 9.36 Å². The van der Waals surface area contributed by atoms with Crippen molar-refractivity contribution < 1.29 is 23.3 Å². The van der Waals surface area contributed by atoms with Gasteiger partial charge in [-0.3, -0.25) is 9.42 Å². The number of carbonyl (C=O) groups is 1. The van der Waals surface area contributed by atoms with Crippen molar-refractivity contribution in [2.45, 2.75) is 20.8 Å². The van der Waals surface area contributed by atoms with Crippen LogP contribution in [0.25, 0.3) is 0 Å². The monoisotopic (exact) mass is 265 g/mol. The van der Waals surface area contributed by atoms with Crippen molar-refractivity contribution in [3.63, 3.8) is 0 Å². The first-order chi connectivity index (χ1) is 7.82. The van der Waals surface area contributed by atoms with Gasteiger partial charge < -0.3 is 9.42 Å². The number of rotatable bonds is 8. The summed E-state index contributed by atoms with van der Waals surface area (Å²) < 4.78 is 20.3. The van der Waals surface area contributed by atoms with Crippen LogP contribution in [0.2, 0.25) is 0 Å². The van der Waals surface area contributed by atoms with Crippen LogP contribution in [0.5, 0.6) is 0 Å². The van der Waals surface area contributed by atoms with Crippen LogP contribution >= 0.6 is 7.82 Å². The molecule has 0 saturated heterocycles. The van der Waals surface area contributed by atoms with E-state index in [4.69, 9.17) is 0 Å². The van der Waals surface area contributed by atoms with Gasteiger partial charge in [-0.05, 0) is 20.0 Å². The SMILES string of the molecule is C=C(C)C(=O)OP(=O)(O)OCCN(CC)CC. The number of hydrogen-bond acceptors (Lipinski definition) is 5. The molecule has 0 amide bonds. The smallest absolute Gasteiger partial charge is 0.367 e. The van der Waals surface area contributed by atoms with E-state index in [1.54, 1.807) is 0 Å². The highest BCUT2D eigenvalue weighted by Crippen LogP contribution is 2.43. The van der Waals surface area contributed by atoms with E-state index in [0.717, 1.165) is 13.1 Å². The molecule has 1 unspecified atom stereocenters. The fourth-order valence-corrected chi connectivity index (χ4v) is 1.76. The highest BCUT2D eigenvalue weighted by Gasteiger charge is 2.26. The molecule has 0 saturated carbocycles. The average Bonchev–Trinajstić information content (AvgIpc) is 2.23. The van der Waals surface area contributed by atoms with Crippen LogP contribution in [0.3, 0.4) is 0 Å². The fraction of sp³-hybridized carbons (Fsp3) is 0.700. The number of hydrogen-bond donors (Lipinski definition) is 1. The quantitative estimate of drug-likeness (QED) is 0.530. The molecule has 0 aromatic heterocycles. The lowest BCUT2D eigenvalue weighted by molar-refractivity contribution is -0.131. The predicted octanol–water partition coefficient (Wildman–Crippen LogP) is 1.56. The highest BCUT2D eigenvalue weighted by atomic mass is 31.2. The van der Waals surface area contributed by atoms with Gasteiger partial charge in [-0.15, -0.1) is 0 Å². The van der Waals surface area contributed by atoms with E-state index >= 15 is 0 Å². The molecule has 100 valence electrons. The van der Waals surface area contributed by atoms with Crippen LogP contribution < -0.4 is 0 Å². The van der Waals surface area contributed by atoms with Crippen molar-refractivity contribution in [1.29, 1.82) is 0 Å². The van der Waals surface area contributed by atoms with Gasteiger partial charge in [0.25, 0.3) is 0 Å². The number of phosphoric ester groups is 1. The second-order valence-corrected chi connectivity index (χ2v) is 4.87. The van der Waals surface area contributed by atoms with E-state index in [-0.39, 0.29) is 12.2 Å². The molecule has 1 atom stereocenters. The average molecular weight is 265 g/mol. The molecule has 0 fully saturated rings. The standard InChI is InChI=1S/C10H20NO5P/c1-5-11(6-2)7-8-15-17(13,14)16-10(12)9(3)4/h3,5-8H2,1-2,4H3,(H,13,14). The van der Waals surface area contributed by atoms with Gasteiger partial charge in [0, 0.05) is 12.1 Å². The summed E-state index contributed by atoms with van der Waals surface area (Å²) in [5.74, 6) is -0.932. The van der Waals surface area contributed by atoms with Crippen LogP contribution in [0.4, 0.5) is 0 Å². The molecule has 0 aliphatic heterocycles. The van der Waals surface area contributed by atoms with Crippen molar-refractivity contribution in [1.82, 2.24) is 4.90 Å². The molecule has 0 aliphatic carbocycles. The van der Waals surface area contributed by atoms with Crippen molar-refractivity contribution >= 4 is 13.8 Å². The van der Waals surface area contributed by atoms with Crippen molar-refractivity contribution in [3.8, 4) is 0 Å². The Kier molecular flexibility index (Phi) is 7.30. The first-order valence-electron chi connectivity index (χ1n) is 5.41. The fourth-order valence-electron chi connectivity index (χ4n) is 1.03. The lowest BCUT2D eigenvalue weighted by atomic mass is 10.4. The Morgan fingerprint density at radius 1 is 1.41 bits per heavy atom. The van der Waals surface area contributed by atoms with E-state index in [0.29, 0.717) is 6.54 Å². The number of nitrogens with zero attached hydrogens (tertiary/aromatic N) is 1. The van der Waals surface area contributed by atoms with Gasteiger partial charge in [0.15, 0.2) is 0 Å². The molecule has 0 aromatic rings. The topological polar surface area (TPSA) is 76.1 Å². The second-order valence-electron chi connectivity index (χ2n) is 3.49. The Balaban J connectivity index is 4.06. The number of carbonyl (C=O) groups excluding carboxylic acids is 1. The van der Waals surface area contributed by atoms with Crippen LogP contribution in [-0.2, 0) is 18.4 Å². The Morgan fingerprint density at radius 3 is 2.35 bits per heavy atom. The van der Waals surface area contributed by atoms with E-state index in [9.17, 15) is 14.3 Å². The molecule has 1 N–H and O–H groups in total. The van der Waals surface area contributed by atoms with Crippen molar-refractivity contribution in [2.75, 3.05) is 26.2 Å². The first-order valence-corrected chi connectivity index (χ1v) is 6.91. The summed E-state index contributed by atoms with van der Waals surface area (Å²) in [4.78, 5) is 22.3. The van der Waals surface area contributed by atoms with Crippen LogP contribution in [-0.4, -0.2) is 42.0 Å². The molecule has 6 nitrogen and oxygen atoms in total. The Labute approximate surface area is 102 Å². The molecule has 0 aromatic carbocycles. The molecule has 0 radical (unpaired) electrons. The highest BCUT2D eigenvalue weighted by molar-refractivity contribution is 7.48. The minimum absolute atomic E-state index is 0.0267. The van der Waals surface area contributed by atoms with Crippen LogP contribution in [0.15, 0.2) is 12.2 Å². The van der Waals surface area contributed by atoms with Gasteiger partial charge in [-0.1, -0.05) is 20.4 Å². The Morgan fingerprint density at radius 2 is 1.94 bits per heavy atom. The normalized spacial score (nSPS) is 14.4. The Bertz CT molecular complexity index is 314. The zero-order chi connectivity index (χ0) is 13.5. The van der Waals surface area contributed by atoms with Gasteiger partial charge >= 0.3 is 13.8 Å². The van der Waals surface area contributed by atoms with Crippen LogP contribution in [0, 0.1) is 0 Å². The summed E-state index contributed by atoms with van der Waals surface area (Å²) in [7, 11) is -4.32. The molecular weight excluding hydrogens is 245 g/mol. The molecule has 17 heavy (non-hydrogen) atoms. The van der Waals surface area contributed by atoms with Gasteiger partial charge in [-0.2, -0.15) is 0 Å². The maximum absolute atomic E-state index is 11.3. The van der Waals surface area contributed by atoms with E-state index in [1.165, 1.54) is 6.92 Å². The van der Waals surface area contributed by atoms with E-state index in [1.807, 2.05) is 18.7 Å². The maximum atomic E-state index is 11.3. The summed E-state index contributed by atoms with van der Waals surface area (Å²) in [5, 5.41) is 0. The summed E-state index contributed by atoms with van der Waals surface area (Å²) in [6.07, 6.45) is 0. The third kappa shape index (κ3) is 7.28. The summed E-state index contributed by atoms with van der Waals surface area (Å²) >= 11 is 0. The van der Waals surface area contributed by atoms with Gasteiger partial charge in [0.2, 0.25) is 0 Å². The largest absolute Gasteiger partial charge is 0.529 e. The zero-order valence-corrected chi connectivity index (χ0v) is 11.4. The molecule has 0 rings (SSSR count). The molecule has 0 spiro atoms. The molecule has 0 heterocycles. The van der Waals surface area contributed by atoms with E-state index in [2.05, 4.69) is 15.6 Å². The molecular formula is C10H20NO5P. The molecule has 7 heteroatoms. The summed E-state index contributed by atoms with van der Waals surface area (Å²) in [6.45, 7) is 10.8. The lowest BCUT2D eigenvalue weighted by Gasteiger charge is -2.18. The first kappa shape index (κ1) is 16.3. The summed E-state index contributed by atoms with van der Waals surface area (Å²) in [5.41, 5.74) is 0.0478. The molecule has 0 aliphatic rings. The van der Waals surface area contributed by atoms with E-state index < -0.39 is 13.8 Å². The zero-order valence-electron chi connectivity index (χ0n) is 10.5. The second kappa shape index (κ2) is 7.61. The minimum atomic E-state index is -4.32. The Hall–Kier alpha value is -0.680. The van der Waals surface area contributed by atoms with Crippen molar-refractivity contribution in [3.05, 3.63) is 12.2 Å². The van der Waals surface area contributed by atoms with Crippen LogP contribution in [0.1, 0.15) is 20.8 Å². The van der Waals surface area contributed by atoms with Gasteiger partial charge in [0.1, 0.15) is 0 Å². The number of phosphoric acid groups is 1. The summed E-state index contributed by atoms with van der Waals surface area (Å²) in [6, 6.07) is 0. The van der Waals surface area contributed by atoms with Crippen molar-refractivity contribution in [2.24, 2.45) is 0 Å². The molecule has 0 bridgehead atoms. The predicted molar refractivity (Wildman–Crippen MR) is 64.5 cm³/mol. The van der Waals surface area contributed by atoms with Gasteiger partial charge in [0.05, 0.1) is 6.61 Å². The third-order valence-corrected chi connectivity index (χ3v) is 3.01. The minimum Gasteiger partial charge on any atom is -0.367 e. The third-order valence-electron chi connectivity index (χ3n) is 2.10. The number of likely N-dealkylation sites (N-methyl/N-ethyl adjacent to an activating group) is 1.